The van der Waals surface area contributed by atoms with Crippen LogP contribution in [0.15, 0.2) is 59.0 Å². The van der Waals surface area contributed by atoms with Crippen LogP contribution >= 0.6 is 0 Å². The average Bonchev–Trinajstić information content (AvgIpc) is 3.53. The fraction of sp³-hybridized carbons (Fsp3) is 0.400. The van der Waals surface area contributed by atoms with Gasteiger partial charge in [-0.25, -0.2) is 8.78 Å². The van der Waals surface area contributed by atoms with Gasteiger partial charge in [0, 0.05) is 17.4 Å². The minimum absolute atomic E-state index is 0.0139. The molecular formula is C30H31F2N3O3. The summed E-state index contributed by atoms with van der Waals surface area (Å²) in [5.74, 6) is -0.936. The molecule has 2 aliphatic rings. The van der Waals surface area contributed by atoms with Gasteiger partial charge in [-0.05, 0) is 30.4 Å². The molecule has 1 amide bonds. The maximum absolute atomic E-state index is 15.5. The van der Waals surface area contributed by atoms with Crippen molar-refractivity contribution in [2.75, 3.05) is 18.5 Å². The number of likely N-dealkylation sites (tertiary alicyclic amines) is 1. The lowest BCUT2D eigenvalue weighted by atomic mass is 9.98. The van der Waals surface area contributed by atoms with Crippen LogP contribution in [0.1, 0.15) is 44.1 Å². The number of halogens is 2. The van der Waals surface area contributed by atoms with Crippen LogP contribution in [-0.2, 0) is 16.0 Å². The number of nitrogens with zero attached hydrogens (tertiary/aromatic N) is 2. The van der Waals surface area contributed by atoms with Gasteiger partial charge < -0.3 is 19.4 Å². The Bertz CT molecular complexity index is 1440. The molecule has 0 spiro atoms. The first-order chi connectivity index (χ1) is 18.5. The van der Waals surface area contributed by atoms with Gasteiger partial charge in [0.15, 0.2) is 11.4 Å². The van der Waals surface area contributed by atoms with Gasteiger partial charge >= 0.3 is 0 Å². The standard InChI is InChI=1S/C30H31F2N3O3/c31-21-16-22(18-37-23-9-2-1-3-10-23)35(17-21)27(36)15-20-13-14-26-29(28(20)32)38-30(34-26)33-25-12-6-8-19-7-4-5-11-24(19)25/h4-8,11-14,21-23H,1-3,9-10,15-18H2,(H,33,34)/t21-,22-/m0/s1. The first-order valence-corrected chi connectivity index (χ1v) is 13.4. The number of rotatable bonds is 7. The zero-order valence-corrected chi connectivity index (χ0v) is 21.2. The van der Waals surface area contributed by atoms with Crippen LogP contribution in [0, 0.1) is 5.82 Å². The average molecular weight is 520 g/mol. The van der Waals surface area contributed by atoms with Gasteiger partial charge in [-0.2, -0.15) is 4.98 Å². The third kappa shape index (κ3) is 5.10. The SMILES string of the molecule is O=C(Cc1ccc2nc(Nc3cccc4ccccc34)oc2c1F)N1C[C@@H](F)C[C@H]1COC1CCCCC1. The Morgan fingerprint density at radius 1 is 1.08 bits per heavy atom. The Morgan fingerprint density at radius 2 is 1.89 bits per heavy atom. The number of anilines is 2. The normalized spacial score (nSPS) is 20.4. The summed E-state index contributed by atoms with van der Waals surface area (Å²) in [5, 5.41) is 5.19. The van der Waals surface area contributed by atoms with Crippen molar-refractivity contribution >= 4 is 39.5 Å². The number of alkyl halides is 1. The molecule has 2 heterocycles. The molecule has 0 unspecified atom stereocenters. The largest absolute Gasteiger partial charge is 0.420 e. The zero-order valence-electron chi connectivity index (χ0n) is 21.2. The second-order valence-corrected chi connectivity index (χ2v) is 10.4. The number of carbonyl (C=O) groups excluding carboxylic acids is 1. The number of nitrogens with one attached hydrogen (secondary N) is 1. The highest BCUT2D eigenvalue weighted by atomic mass is 19.1. The lowest BCUT2D eigenvalue weighted by Gasteiger charge is -2.28. The van der Waals surface area contributed by atoms with Crippen LogP contribution in [0.25, 0.3) is 21.9 Å². The van der Waals surface area contributed by atoms with Crippen molar-refractivity contribution in [3.05, 3.63) is 66.0 Å². The van der Waals surface area contributed by atoms with E-state index in [1.807, 2.05) is 42.5 Å². The topological polar surface area (TPSA) is 67.6 Å². The maximum atomic E-state index is 15.5. The van der Waals surface area contributed by atoms with Gasteiger partial charge in [-0.15, -0.1) is 0 Å². The lowest BCUT2D eigenvalue weighted by Crippen LogP contribution is -2.40. The molecule has 6 rings (SSSR count). The van der Waals surface area contributed by atoms with Gasteiger partial charge in [0.2, 0.25) is 5.91 Å². The smallest absolute Gasteiger partial charge is 0.300 e. The molecule has 0 radical (unpaired) electrons. The van der Waals surface area contributed by atoms with Crippen molar-refractivity contribution in [2.45, 2.75) is 63.3 Å². The number of amides is 1. The molecule has 2 fully saturated rings. The number of fused-ring (bicyclic) bond motifs is 2. The molecule has 1 N–H and O–H groups in total. The fourth-order valence-corrected chi connectivity index (χ4v) is 5.71. The molecule has 1 saturated heterocycles. The highest BCUT2D eigenvalue weighted by Crippen LogP contribution is 2.31. The number of aromatic nitrogens is 1. The molecule has 1 aromatic heterocycles. The molecule has 2 atom stereocenters. The molecule has 3 aromatic carbocycles. The van der Waals surface area contributed by atoms with Gasteiger partial charge in [-0.1, -0.05) is 61.7 Å². The summed E-state index contributed by atoms with van der Waals surface area (Å²) in [6, 6.07) is 16.8. The molecular weight excluding hydrogens is 488 g/mol. The first-order valence-electron chi connectivity index (χ1n) is 13.4. The van der Waals surface area contributed by atoms with Crippen molar-refractivity contribution in [1.29, 1.82) is 0 Å². The van der Waals surface area contributed by atoms with E-state index in [-0.39, 0.29) is 54.6 Å². The van der Waals surface area contributed by atoms with Crippen molar-refractivity contribution < 1.29 is 22.7 Å². The number of hydrogen-bond donors (Lipinski definition) is 1. The van der Waals surface area contributed by atoms with Gasteiger partial charge in [0.25, 0.3) is 6.01 Å². The lowest BCUT2D eigenvalue weighted by molar-refractivity contribution is -0.133. The Morgan fingerprint density at radius 3 is 2.76 bits per heavy atom. The van der Waals surface area contributed by atoms with Crippen LogP contribution < -0.4 is 5.32 Å². The molecule has 38 heavy (non-hydrogen) atoms. The summed E-state index contributed by atoms with van der Waals surface area (Å²) in [6.07, 6.45) is 4.71. The first kappa shape index (κ1) is 24.8. The predicted octanol–water partition coefficient (Wildman–Crippen LogP) is 6.69. The summed E-state index contributed by atoms with van der Waals surface area (Å²) in [5.41, 5.74) is 1.33. The van der Waals surface area contributed by atoms with E-state index in [1.54, 1.807) is 12.1 Å². The van der Waals surface area contributed by atoms with Crippen LogP contribution in [-0.4, -0.2) is 47.3 Å². The van der Waals surface area contributed by atoms with E-state index in [1.165, 1.54) is 11.3 Å². The molecule has 8 heteroatoms. The number of benzene rings is 3. The van der Waals surface area contributed by atoms with Crippen molar-refractivity contribution in [2.24, 2.45) is 0 Å². The van der Waals surface area contributed by atoms with Crippen LogP contribution in [0.5, 0.6) is 0 Å². The summed E-state index contributed by atoms with van der Waals surface area (Å²) < 4.78 is 41.5. The Kier molecular flexibility index (Phi) is 6.98. The van der Waals surface area contributed by atoms with Gasteiger partial charge in [-0.3, -0.25) is 4.79 Å². The summed E-state index contributed by atoms with van der Waals surface area (Å²) in [6.45, 7) is 0.340. The molecule has 1 aliphatic heterocycles. The molecule has 1 saturated carbocycles. The summed E-state index contributed by atoms with van der Waals surface area (Å²) in [4.78, 5) is 19.1. The number of hydrogen-bond acceptors (Lipinski definition) is 5. The molecule has 1 aliphatic carbocycles. The van der Waals surface area contributed by atoms with Gasteiger partial charge in [0.05, 0.1) is 37.4 Å². The van der Waals surface area contributed by atoms with E-state index in [0.29, 0.717) is 12.1 Å². The Balaban J connectivity index is 1.17. The Labute approximate surface area is 220 Å². The molecule has 0 bridgehead atoms. The van der Waals surface area contributed by atoms with E-state index in [9.17, 15) is 9.18 Å². The second kappa shape index (κ2) is 10.7. The Hall–Kier alpha value is -3.52. The zero-order chi connectivity index (χ0) is 26.1. The van der Waals surface area contributed by atoms with E-state index in [2.05, 4.69) is 10.3 Å². The quantitative estimate of drug-likeness (QED) is 0.295. The van der Waals surface area contributed by atoms with E-state index >= 15 is 4.39 Å². The van der Waals surface area contributed by atoms with E-state index in [4.69, 9.17) is 9.15 Å². The number of ether oxygens (including phenoxy) is 1. The van der Waals surface area contributed by atoms with Gasteiger partial charge in [0.1, 0.15) is 11.7 Å². The minimum atomic E-state index is -1.09. The fourth-order valence-electron chi connectivity index (χ4n) is 5.71. The van der Waals surface area contributed by atoms with Crippen LogP contribution in [0.4, 0.5) is 20.5 Å². The van der Waals surface area contributed by atoms with E-state index < -0.39 is 12.0 Å². The maximum Gasteiger partial charge on any atom is 0.300 e. The van der Waals surface area contributed by atoms with E-state index in [0.717, 1.165) is 42.1 Å². The number of carbonyl (C=O) groups is 1. The summed E-state index contributed by atoms with van der Waals surface area (Å²) >= 11 is 0. The third-order valence-corrected chi connectivity index (χ3v) is 7.71. The minimum Gasteiger partial charge on any atom is -0.420 e. The van der Waals surface area contributed by atoms with Crippen molar-refractivity contribution in [1.82, 2.24) is 9.88 Å². The third-order valence-electron chi connectivity index (χ3n) is 7.71. The van der Waals surface area contributed by atoms with Crippen LogP contribution in [0.2, 0.25) is 0 Å². The molecule has 198 valence electrons. The monoisotopic (exact) mass is 519 g/mol. The molecule has 4 aromatic rings. The van der Waals surface area contributed by atoms with Crippen molar-refractivity contribution in [3.8, 4) is 0 Å². The highest BCUT2D eigenvalue weighted by Gasteiger charge is 2.36. The summed E-state index contributed by atoms with van der Waals surface area (Å²) in [7, 11) is 0. The number of oxazole rings is 1. The van der Waals surface area contributed by atoms with Crippen molar-refractivity contribution in [3.63, 3.8) is 0 Å². The predicted molar refractivity (Wildman–Crippen MR) is 143 cm³/mol. The molecule has 6 nitrogen and oxygen atoms in total. The second-order valence-electron chi connectivity index (χ2n) is 10.4. The van der Waals surface area contributed by atoms with Crippen LogP contribution in [0.3, 0.4) is 0 Å². The highest BCUT2D eigenvalue weighted by molar-refractivity contribution is 5.95.